The fraction of sp³-hybridized carbons (Fsp3) is 0.789. The Hall–Kier alpha value is -1.36. The van der Waals surface area contributed by atoms with Gasteiger partial charge in [-0.3, -0.25) is 4.79 Å². The second-order valence-electron chi connectivity index (χ2n) is 8.52. The number of carbonyl (C=O) groups is 1. The Morgan fingerprint density at radius 3 is 2.50 bits per heavy atom. The zero-order valence-corrected chi connectivity index (χ0v) is 14.6. The lowest BCUT2D eigenvalue weighted by atomic mass is 9.48. The van der Waals surface area contributed by atoms with Gasteiger partial charge in [0, 0.05) is 31.9 Å². The van der Waals surface area contributed by atoms with Gasteiger partial charge in [-0.15, -0.1) is 0 Å². The number of hydrogen-bond acceptors (Lipinski definition) is 3. The monoisotopic (exact) mass is 331 g/mol. The van der Waals surface area contributed by atoms with E-state index in [1.54, 1.807) is 6.20 Å². The van der Waals surface area contributed by atoms with Crippen LogP contribution in [0.15, 0.2) is 12.4 Å². The molecule has 2 N–H and O–H groups in total. The zero-order chi connectivity index (χ0) is 16.7. The Morgan fingerprint density at radius 2 is 1.96 bits per heavy atom. The lowest BCUT2D eigenvalue weighted by Crippen LogP contribution is -2.54. The van der Waals surface area contributed by atoms with E-state index in [0.29, 0.717) is 19.5 Å². The molecule has 0 aliphatic heterocycles. The van der Waals surface area contributed by atoms with Gasteiger partial charge in [0.15, 0.2) is 0 Å². The largest absolute Gasteiger partial charge is 0.391 e. The van der Waals surface area contributed by atoms with E-state index < -0.39 is 0 Å². The molecule has 1 atom stereocenters. The van der Waals surface area contributed by atoms with E-state index in [2.05, 4.69) is 10.3 Å². The van der Waals surface area contributed by atoms with Crippen LogP contribution in [0, 0.1) is 30.1 Å². The molecular formula is C19H29N3O2. The van der Waals surface area contributed by atoms with E-state index in [-0.39, 0.29) is 17.4 Å². The number of amides is 1. The van der Waals surface area contributed by atoms with E-state index in [1.165, 1.54) is 38.5 Å². The van der Waals surface area contributed by atoms with Crippen LogP contribution in [0.1, 0.15) is 50.8 Å². The first-order valence-electron chi connectivity index (χ1n) is 9.46. The molecule has 0 aromatic carbocycles. The van der Waals surface area contributed by atoms with Crippen molar-refractivity contribution in [3.05, 3.63) is 18.2 Å². The number of nitrogens with one attached hydrogen (secondary N) is 1. The van der Waals surface area contributed by atoms with Gasteiger partial charge in [0.2, 0.25) is 5.91 Å². The fourth-order valence-corrected chi connectivity index (χ4v) is 5.96. The third kappa shape index (κ3) is 2.99. The average Bonchev–Trinajstić information content (AvgIpc) is 2.94. The van der Waals surface area contributed by atoms with Crippen LogP contribution in [0.25, 0.3) is 0 Å². The lowest BCUT2D eigenvalue weighted by molar-refractivity contribution is -0.129. The molecule has 24 heavy (non-hydrogen) atoms. The number of rotatable bonds is 6. The molecule has 0 unspecified atom stereocenters. The molecule has 1 amide bonds. The molecule has 1 heterocycles. The Kier molecular flexibility index (Phi) is 4.15. The van der Waals surface area contributed by atoms with Gasteiger partial charge in [-0.2, -0.15) is 0 Å². The average molecular weight is 331 g/mol. The van der Waals surface area contributed by atoms with Crippen LogP contribution < -0.4 is 5.32 Å². The highest BCUT2D eigenvalue weighted by atomic mass is 16.3. The molecule has 4 aliphatic carbocycles. The highest BCUT2D eigenvalue weighted by Gasteiger charge is 2.53. The molecule has 4 aliphatic rings. The van der Waals surface area contributed by atoms with E-state index in [0.717, 1.165) is 23.6 Å². The number of carbonyl (C=O) groups excluding carboxylic acids is 1. The van der Waals surface area contributed by atoms with E-state index in [1.807, 2.05) is 17.7 Å². The van der Waals surface area contributed by atoms with Gasteiger partial charge in [-0.1, -0.05) is 0 Å². The number of aryl methyl sites for hydroxylation is 2. The molecule has 0 radical (unpaired) electrons. The summed E-state index contributed by atoms with van der Waals surface area (Å²) >= 11 is 0. The number of aromatic nitrogens is 2. The quantitative estimate of drug-likeness (QED) is 0.840. The summed E-state index contributed by atoms with van der Waals surface area (Å²) in [6.45, 7) is 2.99. The topological polar surface area (TPSA) is 67.2 Å². The first-order valence-corrected chi connectivity index (χ1v) is 9.46. The molecule has 4 fully saturated rings. The summed E-state index contributed by atoms with van der Waals surface area (Å²) < 4.78 is 1.98. The highest BCUT2D eigenvalue weighted by molar-refractivity contribution is 5.75. The molecule has 0 spiro atoms. The summed E-state index contributed by atoms with van der Waals surface area (Å²) in [5.41, 5.74) is 0.0863. The van der Waals surface area contributed by atoms with Gasteiger partial charge in [-0.05, 0) is 68.6 Å². The highest BCUT2D eigenvalue weighted by Crippen LogP contribution is 2.61. The number of imidazole rings is 1. The Labute approximate surface area is 143 Å². The predicted octanol–water partition coefficient (Wildman–Crippen LogP) is 2.28. The van der Waals surface area contributed by atoms with Crippen molar-refractivity contribution in [2.24, 2.45) is 23.2 Å². The summed E-state index contributed by atoms with van der Waals surface area (Å²) in [6, 6.07) is 0. The molecule has 5 nitrogen and oxygen atoms in total. The van der Waals surface area contributed by atoms with E-state index >= 15 is 0 Å². The summed E-state index contributed by atoms with van der Waals surface area (Å²) in [7, 11) is 0. The normalized spacial score (nSPS) is 35.2. The molecule has 4 saturated carbocycles. The molecule has 0 saturated heterocycles. The van der Waals surface area contributed by atoms with Crippen LogP contribution in [0.4, 0.5) is 0 Å². The fourth-order valence-electron chi connectivity index (χ4n) is 5.96. The van der Waals surface area contributed by atoms with Gasteiger partial charge in [0.05, 0.1) is 6.10 Å². The second kappa shape index (κ2) is 6.17. The lowest BCUT2D eigenvalue weighted by Gasteiger charge is -2.58. The maximum Gasteiger partial charge on any atom is 0.221 e. The van der Waals surface area contributed by atoms with Gasteiger partial charge < -0.3 is 15.0 Å². The van der Waals surface area contributed by atoms with Crippen molar-refractivity contribution in [1.29, 1.82) is 0 Å². The van der Waals surface area contributed by atoms with Crippen LogP contribution in [0.2, 0.25) is 0 Å². The van der Waals surface area contributed by atoms with E-state index in [9.17, 15) is 9.90 Å². The molecule has 5 rings (SSSR count). The van der Waals surface area contributed by atoms with Crippen LogP contribution in [0.3, 0.4) is 0 Å². The minimum Gasteiger partial charge on any atom is -0.391 e. The first-order chi connectivity index (χ1) is 11.5. The molecule has 1 aromatic heterocycles. The van der Waals surface area contributed by atoms with Crippen LogP contribution in [0.5, 0.6) is 0 Å². The van der Waals surface area contributed by atoms with Crippen molar-refractivity contribution >= 4 is 5.91 Å². The zero-order valence-electron chi connectivity index (χ0n) is 14.6. The Morgan fingerprint density at radius 1 is 1.33 bits per heavy atom. The number of aliphatic hydroxyl groups is 1. The second-order valence-corrected chi connectivity index (χ2v) is 8.52. The van der Waals surface area contributed by atoms with Crippen molar-refractivity contribution in [3.8, 4) is 0 Å². The summed E-state index contributed by atoms with van der Waals surface area (Å²) in [5.74, 6) is 3.42. The number of hydrogen-bond donors (Lipinski definition) is 2. The van der Waals surface area contributed by atoms with Crippen LogP contribution >= 0.6 is 0 Å². The molecule has 5 heteroatoms. The van der Waals surface area contributed by atoms with Crippen molar-refractivity contribution < 1.29 is 9.90 Å². The minimum atomic E-state index is -0.384. The van der Waals surface area contributed by atoms with Gasteiger partial charge >= 0.3 is 0 Å². The maximum atomic E-state index is 12.1. The maximum absolute atomic E-state index is 12.1. The summed E-state index contributed by atoms with van der Waals surface area (Å²) in [5, 5.41) is 13.8. The first kappa shape index (κ1) is 16.1. The third-order valence-corrected chi connectivity index (χ3v) is 6.79. The molecular weight excluding hydrogens is 302 g/mol. The third-order valence-electron chi connectivity index (χ3n) is 6.79. The van der Waals surface area contributed by atoms with Crippen molar-refractivity contribution in [2.75, 3.05) is 6.54 Å². The standard InChI is InChI=1S/C19H29N3O2/c1-13-20-3-5-22(13)4-2-18(24)21-12-17(23)19-9-14-6-15(10-19)8-16(7-14)11-19/h3,5,14-17,23H,2,4,6-12H2,1H3,(H,21,24)/t14?,15?,16?,17-,19?/m1/s1. The van der Waals surface area contributed by atoms with Crippen LogP contribution in [-0.4, -0.2) is 33.2 Å². The Bertz CT molecular complexity index is 574. The molecule has 132 valence electrons. The summed E-state index contributed by atoms with van der Waals surface area (Å²) in [6.07, 6.45) is 11.3. The van der Waals surface area contributed by atoms with Gasteiger partial charge in [0.1, 0.15) is 5.82 Å². The SMILES string of the molecule is Cc1nccn1CCC(=O)NC[C@@H](O)C12CC3CC(CC(C3)C1)C2. The Balaban J connectivity index is 1.28. The van der Waals surface area contributed by atoms with Gasteiger partial charge in [0.25, 0.3) is 0 Å². The van der Waals surface area contributed by atoms with Crippen molar-refractivity contribution in [3.63, 3.8) is 0 Å². The van der Waals surface area contributed by atoms with Gasteiger partial charge in [-0.25, -0.2) is 4.98 Å². The van der Waals surface area contributed by atoms with E-state index in [4.69, 9.17) is 0 Å². The van der Waals surface area contributed by atoms with Crippen molar-refractivity contribution in [1.82, 2.24) is 14.9 Å². The smallest absolute Gasteiger partial charge is 0.221 e. The number of nitrogens with zero attached hydrogens (tertiary/aromatic N) is 2. The molecule has 4 bridgehead atoms. The molecule has 1 aromatic rings. The van der Waals surface area contributed by atoms with Crippen LogP contribution in [-0.2, 0) is 11.3 Å². The van der Waals surface area contributed by atoms with Crippen molar-refractivity contribution in [2.45, 2.75) is 64.5 Å². The summed E-state index contributed by atoms with van der Waals surface area (Å²) in [4.78, 5) is 16.3. The minimum absolute atomic E-state index is 0.0203. The number of aliphatic hydroxyl groups excluding tert-OH is 1. The predicted molar refractivity (Wildman–Crippen MR) is 91.2 cm³/mol.